The zero-order valence-electron chi connectivity index (χ0n) is 31.5. The van der Waals surface area contributed by atoms with Gasteiger partial charge >= 0.3 is 0 Å². The fourth-order valence-corrected chi connectivity index (χ4v) is 8.25. The van der Waals surface area contributed by atoms with Crippen molar-refractivity contribution in [1.82, 2.24) is 0 Å². The van der Waals surface area contributed by atoms with Crippen LogP contribution in [-0.2, 0) is 0 Å². The number of anilines is 3. The second-order valence-corrected chi connectivity index (χ2v) is 14.5. The highest BCUT2D eigenvalue weighted by Crippen LogP contribution is 2.41. The van der Waals surface area contributed by atoms with Gasteiger partial charge in [-0.25, -0.2) is 0 Å². The number of hydrogen-bond donors (Lipinski definition) is 0. The highest BCUT2D eigenvalue weighted by Gasteiger charge is 2.16. The van der Waals surface area contributed by atoms with E-state index in [1.807, 2.05) is 0 Å². The summed E-state index contributed by atoms with van der Waals surface area (Å²) < 4.78 is 0. The van der Waals surface area contributed by atoms with Gasteiger partial charge in [0.05, 0.1) is 0 Å². The van der Waals surface area contributed by atoms with Crippen LogP contribution in [0.2, 0.25) is 0 Å². The lowest BCUT2D eigenvalue weighted by molar-refractivity contribution is 1.28. The molecular weight excluding hydrogens is 687 g/mol. The number of benzene rings is 10. The fourth-order valence-electron chi connectivity index (χ4n) is 8.25. The Morgan fingerprint density at radius 2 is 0.649 bits per heavy atom. The van der Waals surface area contributed by atoms with Crippen LogP contribution in [0, 0.1) is 0 Å². The molecule has 1 heteroatoms. The third kappa shape index (κ3) is 6.66. The van der Waals surface area contributed by atoms with E-state index in [0.717, 1.165) is 17.1 Å². The molecular formula is C56H39N. The summed E-state index contributed by atoms with van der Waals surface area (Å²) in [5, 5.41) is 5.03. The maximum Gasteiger partial charge on any atom is 0.0462 e. The Labute approximate surface area is 334 Å². The highest BCUT2D eigenvalue weighted by atomic mass is 15.1. The summed E-state index contributed by atoms with van der Waals surface area (Å²) >= 11 is 0. The van der Waals surface area contributed by atoms with E-state index < -0.39 is 0 Å². The van der Waals surface area contributed by atoms with Crippen LogP contribution < -0.4 is 4.90 Å². The van der Waals surface area contributed by atoms with Gasteiger partial charge in [-0.1, -0.05) is 188 Å². The third-order valence-electron chi connectivity index (χ3n) is 11.1. The Balaban J connectivity index is 0.990. The molecule has 0 fully saturated rings. The van der Waals surface area contributed by atoms with E-state index in [4.69, 9.17) is 0 Å². The summed E-state index contributed by atoms with van der Waals surface area (Å²) in [6.07, 6.45) is 0. The zero-order chi connectivity index (χ0) is 38.0. The van der Waals surface area contributed by atoms with E-state index in [2.05, 4.69) is 241 Å². The van der Waals surface area contributed by atoms with Gasteiger partial charge in [0.15, 0.2) is 0 Å². The summed E-state index contributed by atoms with van der Waals surface area (Å²) in [6, 6.07) is 85.5. The number of fused-ring (bicyclic) bond motifs is 2. The van der Waals surface area contributed by atoms with Gasteiger partial charge in [-0.3, -0.25) is 0 Å². The largest absolute Gasteiger partial charge is 0.311 e. The summed E-state index contributed by atoms with van der Waals surface area (Å²) in [6.45, 7) is 0. The van der Waals surface area contributed by atoms with Crippen LogP contribution >= 0.6 is 0 Å². The van der Waals surface area contributed by atoms with Crippen molar-refractivity contribution in [1.29, 1.82) is 0 Å². The van der Waals surface area contributed by atoms with Gasteiger partial charge in [-0.2, -0.15) is 0 Å². The van der Waals surface area contributed by atoms with Crippen molar-refractivity contribution in [3.05, 3.63) is 237 Å². The van der Waals surface area contributed by atoms with E-state index in [1.54, 1.807) is 0 Å². The van der Waals surface area contributed by atoms with Crippen molar-refractivity contribution in [3.63, 3.8) is 0 Å². The van der Waals surface area contributed by atoms with Crippen LogP contribution in [-0.4, -0.2) is 0 Å². The van der Waals surface area contributed by atoms with Crippen LogP contribution in [0.25, 0.3) is 77.2 Å². The molecule has 10 rings (SSSR count). The van der Waals surface area contributed by atoms with Gasteiger partial charge in [-0.15, -0.1) is 0 Å². The molecule has 10 aromatic carbocycles. The second-order valence-electron chi connectivity index (χ2n) is 14.5. The van der Waals surface area contributed by atoms with E-state index in [9.17, 15) is 0 Å². The molecule has 0 atom stereocenters. The summed E-state index contributed by atoms with van der Waals surface area (Å²) in [7, 11) is 0. The van der Waals surface area contributed by atoms with Crippen molar-refractivity contribution in [2.75, 3.05) is 4.90 Å². The Bertz CT molecular complexity index is 2970. The first-order chi connectivity index (χ1) is 28.3. The predicted molar refractivity (Wildman–Crippen MR) is 243 cm³/mol. The maximum atomic E-state index is 2.35. The van der Waals surface area contributed by atoms with Crippen LogP contribution in [0.4, 0.5) is 17.1 Å². The summed E-state index contributed by atoms with van der Waals surface area (Å²) in [5.74, 6) is 0. The van der Waals surface area contributed by atoms with E-state index in [-0.39, 0.29) is 0 Å². The van der Waals surface area contributed by atoms with Gasteiger partial charge in [-0.05, 0) is 126 Å². The highest BCUT2D eigenvalue weighted by molar-refractivity contribution is 6.01. The van der Waals surface area contributed by atoms with Gasteiger partial charge in [0.25, 0.3) is 0 Å². The first-order valence-electron chi connectivity index (χ1n) is 19.6. The topological polar surface area (TPSA) is 3.24 Å². The smallest absolute Gasteiger partial charge is 0.0462 e. The molecule has 0 N–H and O–H groups in total. The Morgan fingerprint density at radius 3 is 1.30 bits per heavy atom. The molecule has 0 spiro atoms. The monoisotopic (exact) mass is 725 g/mol. The number of nitrogens with zero attached hydrogens (tertiary/aromatic N) is 1. The normalized spacial score (nSPS) is 11.2. The van der Waals surface area contributed by atoms with E-state index in [1.165, 1.54) is 77.2 Å². The minimum Gasteiger partial charge on any atom is -0.311 e. The molecule has 0 unspecified atom stereocenters. The van der Waals surface area contributed by atoms with Crippen LogP contribution in [0.1, 0.15) is 0 Å². The first-order valence-corrected chi connectivity index (χ1v) is 19.6. The average molecular weight is 726 g/mol. The Kier molecular flexibility index (Phi) is 8.95. The molecule has 268 valence electrons. The van der Waals surface area contributed by atoms with Gasteiger partial charge < -0.3 is 4.90 Å². The molecule has 0 heterocycles. The van der Waals surface area contributed by atoms with Gasteiger partial charge in [0.2, 0.25) is 0 Å². The molecule has 57 heavy (non-hydrogen) atoms. The molecule has 0 aliphatic carbocycles. The van der Waals surface area contributed by atoms with Crippen LogP contribution in [0.5, 0.6) is 0 Å². The number of rotatable bonds is 8. The average Bonchev–Trinajstić information content (AvgIpc) is 3.30. The Morgan fingerprint density at radius 1 is 0.211 bits per heavy atom. The van der Waals surface area contributed by atoms with Crippen molar-refractivity contribution >= 4 is 38.6 Å². The van der Waals surface area contributed by atoms with Crippen LogP contribution in [0.15, 0.2) is 237 Å². The molecule has 10 aromatic rings. The Hall–Kier alpha value is -7.48. The maximum absolute atomic E-state index is 2.35. The van der Waals surface area contributed by atoms with Crippen molar-refractivity contribution in [2.45, 2.75) is 0 Å². The standard InChI is InChI=1S/C56H39N/c1-3-14-44(15-4-1)56-39-46(32-37-55(56)54-27-13-19-43-17-8-10-25-52(43)54)41-30-35-50(36-31-41)57(48-22-5-2-6-23-48)49-33-28-40(29-34-49)45-20-11-21-47(38-45)53-26-12-18-42-16-7-9-24-51(42)53/h1-39H. The van der Waals surface area contributed by atoms with E-state index >= 15 is 0 Å². The third-order valence-corrected chi connectivity index (χ3v) is 11.1. The molecule has 0 saturated heterocycles. The number of hydrogen-bond acceptors (Lipinski definition) is 1. The summed E-state index contributed by atoms with van der Waals surface area (Å²) in [5.41, 5.74) is 15.4. The minimum atomic E-state index is 1.10. The summed E-state index contributed by atoms with van der Waals surface area (Å²) in [4.78, 5) is 2.33. The lowest BCUT2D eigenvalue weighted by Gasteiger charge is -2.26. The molecule has 0 aliphatic rings. The van der Waals surface area contributed by atoms with E-state index in [0.29, 0.717) is 0 Å². The van der Waals surface area contributed by atoms with Crippen molar-refractivity contribution in [3.8, 4) is 55.6 Å². The SMILES string of the molecule is c1ccc(-c2cc(-c3ccc(N(c4ccccc4)c4ccc(-c5cccc(-c6cccc7ccccc67)c5)cc4)cc3)ccc2-c2cccc3ccccc23)cc1. The second kappa shape index (κ2) is 15.0. The fraction of sp³-hybridized carbons (Fsp3) is 0. The molecule has 0 bridgehead atoms. The van der Waals surface area contributed by atoms with Crippen LogP contribution in [0.3, 0.4) is 0 Å². The van der Waals surface area contributed by atoms with Gasteiger partial charge in [0.1, 0.15) is 0 Å². The molecule has 1 nitrogen and oxygen atoms in total. The number of para-hydroxylation sites is 1. The molecule has 0 aromatic heterocycles. The van der Waals surface area contributed by atoms with Crippen molar-refractivity contribution in [2.24, 2.45) is 0 Å². The van der Waals surface area contributed by atoms with Gasteiger partial charge in [0, 0.05) is 17.1 Å². The quantitative estimate of drug-likeness (QED) is 0.151. The van der Waals surface area contributed by atoms with Crippen molar-refractivity contribution < 1.29 is 0 Å². The zero-order valence-corrected chi connectivity index (χ0v) is 31.5. The lowest BCUT2D eigenvalue weighted by Crippen LogP contribution is -2.09. The molecule has 0 saturated carbocycles. The lowest BCUT2D eigenvalue weighted by atomic mass is 9.89. The minimum absolute atomic E-state index is 1.10. The predicted octanol–water partition coefficient (Wildman–Crippen LogP) is 15.8. The molecule has 0 aliphatic heterocycles. The molecule has 0 radical (unpaired) electrons. The first kappa shape index (κ1) is 34.0. The molecule has 0 amide bonds.